The van der Waals surface area contributed by atoms with Crippen molar-refractivity contribution < 1.29 is 9.47 Å². The van der Waals surface area contributed by atoms with Gasteiger partial charge < -0.3 is 9.47 Å². The van der Waals surface area contributed by atoms with Gasteiger partial charge in [-0.2, -0.15) is 5.26 Å². The van der Waals surface area contributed by atoms with Gasteiger partial charge in [0.05, 0.1) is 17.0 Å². The fourth-order valence-electron chi connectivity index (χ4n) is 2.35. The Morgan fingerprint density at radius 1 is 1.21 bits per heavy atom. The van der Waals surface area contributed by atoms with Crippen LogP contribution in [0.4, 0.5) is 0 Å². The fraction of sp³-hybridized carbons (Fsp3) is 0.0556. The first-order chi connectivity index (χ1) is 11.8. The molecule has 0 aliphatic carbocycles. The Bertz CT molecular complexity index is 958. The van der Waals surface area contributed by atoms with E-state index in [4.69, 9.17) is 9.47 Å². The third-order valence-electron chi connectivity index (χ3n) is 3.49. The summed E-state index contributed by atoms with van der Waals surface area (Å²) < 4.78 is 10.7. The average Bonchev–Trinajstić information content (AvgIpc) is 3.29. The topological polar surface area (TPSA) is 68.0 Å². The summed E-state index contributed by atoms with van der Waals surface area (Å²) in [6.45, 7) is 0.250. The second-order valence-corrected chi connectivity index (χ2v) is 5.89. The van der Waals surface area contributed by atoms with E-state index < -0.39 is 0 Å². The lowest BCUT2D eigenvalue weighted by atomic mass is 10.1. The number of benzene rings is 1. The van der Waals surface area contributed by atoms with Crippen molar-refractivity contribution in [2.75, 3.05) is 6.79 Å². The molecule has 0 unspecified atom stereocenters. The molecule has 0 fully saturated rings. The SMILES string of the molecule is N#C/C(=C/c1csc(-c2ccc3c(c2)OCO3)n1)c1ccccn1. The second-order valence-electron chi connectivity index (χ2n) is 5.03. The molecule has 2 aromatic heterocycles. The Morgan fingerprint density at radius 2 is 2.12 bits per heavy atom. The molecule has 1 aliphatic heterocycles. The van der Waals surface area contributed by atoms with Gasteiger partial charge >= 0.3 is 0 Å². The molecule has 5 nitrogen and oxygen atoms in total. The van der Waals surface area contributed by atoms with E-state index in [2.05, 4.69) is 16.0 Å². The van der Waals surface area contributed by atoms with Crippen molar-refractivity contribution in [1.82, 2.24) is 9.97 Å². The number of rotatable bonds is 3. The number of ether oxygens (including phenoxy) is 2. The maximum atomic E-state index is 9.36. The lowest BCUT2D eigenvalue weighted by molar-refractivity contribution is 0.174. The quantitative estimate of drug-likeness (QED) is 0.678. The first kappa shape index (κ1) is 14.4. The van der Waals surface area contributed by atoms with Crippen LogP contribution < -0.4 is 9.47 Å². The Hall–Kier alpha value is -3.17. The molecule has 0 atom stereocenters. The summed E-state index contributed by atoms with van der Waals surface area (Å²) in [5.74, 6) is 1.48. The van der Waals surface area contributed by atoms with Gasteiger partial charge in [-0.25, -0.2) is 4.98 Å². The number of nitrogens with zero attached hydrogens (tertiary/aromatic N) is 3. The Labute approximate surface area is 142 Å². The van der Waals surface area contributed by atoms with Crippen LogP contribution in [0.15, 0.2) is 48.0 Å². The molecule has 0 N–H and O–H groups in total. The molecular weight excluding hydrogens is 322 g/mol. The van der Waals surface area contributed by atoms with E-state index in [-0.39, 0.29) is 6.79 Å². The van der Waals surface area contributed by atoms with E-state index in [9.17, 15) is 5.26 Å². The molecule has 116 valence electrons. The average molecular weight is 333 g/mol. The molecule has 3 heterocycles. The summed E-state index contributed by atoms with van der Waals surface area (Å²) in [7, 11) is 0. The summed E-state index contributed by atoms with van der Waals surface area (Å²) in [5, 5.41) is 12.1. The maximum absolute atomic E-state index is 9.36. The minimum Gasteiger partial charge on any atom is -0.454 e. The van der Waals surface area contributed by atoms with Gasteiger partial charge in [-0.15, -0.1) is 11.3 Å². The van der Waals surface area contributed by atoms with Gasteiger partial charge in [-0.3, -0.25) is 4.98 Å². The first-order valence-electron chi connectivity index (χ1n) is 7.22. The number of hydrogen-bond acceptors (Lipinski definition) is 6. The Morgan fingerprint density at radius 3 is 2.96 bits per heavy atom. The van der Waals surface area contributed by atoms with Crippen molar-refractivity contribution in [3.63, 3.8) is 0 Å². The minimum atomic E-state index is 0.250. The number of pyridine rings is 1. The van der Waals surface area contributed by atoms with Crippen LogP contribution in [-0.4, -0.2) is 16.8 Å². The maximum Gasteiger partial charge on any atom is 0.231 e. The molecular formula is C18H11N3O2S. The first-order valence-corrected chi connectivity index (χ1v) is 8.10. The van der Waals surface area contributed by atoms with Crippen molar-refractivity contribution in [1.29, 1.82) is 5.26 Å². The van der Waals surface area contributed by atoms with E-state index in [1.54, 1.807) is 18.3 Å². The van der Waals surface area contributed by atoms with Crippen molar-refractivity contribution in [3.8, 4) is 28.1 Å². The molecule has 0 spiro atoms. The monoisotopic (exact) mass is 333 g/mol. The summed E-state index contributed by atoms with van der Waals surface area (Å²) in [6.07, 6.45) is 3.41. The molecule has 1 aliphatic rings. The molecule has 1 aromatic carbocycles. The highest BCUT2D eigenvalue weighted by Crippen LogP contribution is 2.36. The molecule has 3 aromatic rings. The zero-order valence-electron chi connectivity index (χ0n) is 12.5. The van der Waals surface area contributed by atoms with Gasteiger partial charge in [0, 0.05) is 17.1 Å². The van der Waals surface area contributed by atoms with Crippen LogP contribution >= 0.6 is 11.3 Å². The standard InChI is InChI=1S/C18H11N3O2S/c19-9-13(15-3-1-2-6-20-15)7-14-10-24-18(21-14)12-4-5-16-17(8-12)23-11-22-16/h1-8,10H,11H2/b13-7-. The van der Waals surface area contributed by atoms with Gasteiger partial charge in [0.25, 0.3) is 0 Å². The number of fused-ring (bicyclic) bond motifs is 1. The predicted octanol–water partition coefficient (Wildman–Crippen LogP) is 4.00. The highest BCUT2D eigenvalue weighted by molar-refractivity contribution is 7.13. The van der Waals surface area contributed by atoms with E-state index in [0.717, 1.165) is 27.8 Å². The molecule has 4 rings (SSSR count). The summed E-state index contributed by atoms with van der Waals surface area (Å²) in [5.41, 5.74) is 2.81. The minimum absolute atomic E-state index is 0.250. The number of aromatic nitrogens is 2. The predicted molar refractivity (Wildman–Crippen MR) is 91.4 cm³/mol. The van der Waals surface area contributed by atoms with Gasteiger partial charge in [-0.1, -0.05) is 6.07 Å². The summed E-state index contributed by atoms with van der Waals surface area (Å²) in [4.78, 5) is 8.79. The van der Waals surface area contributed by atoms with Crippen LogP contribution in [0.2, 0.25) is 0 Å². The molecule has 6 heteroatoms. The van der Waals surface area contributed by atoms with Gasteiger partial charge in [0.1, 0.15) is 11.1 Å². The van der Waals surface area contributed by atoms with Crippen molar-refractivity contribution >= 4 is 23.0 Å². The third kappa shape index (κ3) is 2.73. The molecule has 0 bridgehead atoms. The normalized spacial score (nSPS) is 12.9. The zero-order valence-corrected chi connectivity index (χ0v) is 13.3. The van der Waals surface area contributed by atoms with Crippen molar-refractivity contribution in [2.24, 2.45) is 0 Å². The third-order valence-corrected chi connectivity index (χ3v) is 4.40. The lowest BCUT2D eigenvalue weighted by Gasteiger charge is -1.99. The zero-order chi connectivity index (χ0) is 16.4. The van der Waals surface area contributed by atoms with Crippen molar-refractivity contribution in [2.45, 2.75) is 0 Å². The summed E-state index contributed by atoms with van der Waals surface area (Å²) in [6, 6.07) is 13.4. The largest absolute Gasteiger partial charge is 0.454 e. The second kappa shape index (κ2) is 6.14. The van der Waals surface area contributed by atoms with E-state index in [1.165, 1.54) is 11.3 Å². The molecule has 0 amide bonds. The lowest BCUT2D eigenvalue weighted by Crippen LogP contribution is -1.92. The molecule has 0 saturated carbocycles. The van der Waals surface area contributed by atoms with E-state index >= 15 is 0 Å². The van der Waals surface area contributed by atoms with Gasteiger partial charge in [0.15, 0.2) is 11.5 Å². The molecule has 0 saturated heterocycles. The fourth-order valence-corrected chi connectivity index (χ4v) is 3.12. The van der Waals surface area contributed by atoms with Crippen LogP contribution in [-0.2, 0) is 0 Å². The Kier molecular flexibility index (Phi) is 3.69. The van der Waals surface area contributed by atoms with Crippen molar-refractivity contribution in [3.05, 3.63) is 59.4 Å². The Balaban J connectivity index is 1.65. The van der Waals surface area contributed by atoms with Crippen LogP contribution in [0.1, 0.15) is 11.4 Å². The van der Waals surface area contributed by atoms with Crippen LogP contribution in [0.5, 0.6) is 11.5 Å². The smallest absolute Gasteiger partial charge is 0.231 e. The van der Waals surface area contributed by atoms with Crippen LogP contribution in [0.25, 0.3) is 22.2 Å². The number of nitriles is 1. The van der Waals surface area contributed by atoms with E-state index in [1.807, 2.05) is 35.7 Å². The van der Waals surface area contributed by atoms with Crippen LogP contribution in [0.3, 0.4) is 0 Å². The van der Waals surface area contributed by atoms with Gasteiger partial charge in [-0.05, 0) is 36.4 Å². The highest BCUT2D eigenvalue weighted by atomic mass is 32.1. The summed E-state index contributed by atoms with van der Waals surface area (Å²) >= 11 is 1.51. The molecule has 0 radical (unpaired) electrons. The number of thiazole rings is 1. The number of hydrogen-bond donors (Lipinski definition) is 0. The van der Waals surface area contributed by atoms with Gasteiger partial charge in [0.2, 0.25) is 6.79 Å². The van der Waals surface area contributed by atoms with E-state index in [0.29, 0.717) is 11.3 Å². The highest BCUT2D eigenvalue weighted by Gasteiger charge is 2.15. The van der Waals surface area contributed by atoms with Crippen LogP contribution in [0, 0.1) is 11.3 Å². The molecule has 24 heavy (non-hydrogen) atoms. The number of allylic oxidation sites excluding steroid dienone is 1.